The van der Waals surface area contributed by atoms with Gasteiger partial charge in [-0.3, -0.25) is 9.69 Å². The highest BCUT2D eigenvalue weighted by molar-refractivity contribution is 5.91. The van der Waals surface area contributed by atoms with Gasteiger partial charge < -0.3 is 19.2 Å². The Balaban J connectivity index is 1.28. The lowest BCUT2D eigenvalue weighted by atomic mass is 10.2. The topological polar surface area (TPSA) is 63.9 Å². The van der Waals surface area contributed by atoms with Crippen LogP contribution in [0.1, 0.15) is 23.4 Å². The summed E-state index contributed by atoms with van der Waals surface area (Å²) in [6.45, 7) is 3.26. The largest absolute Gasteiger partial charge is 0.426 e. The Kier molecular flexibility index (Phi) is 4.72. The number of hydrogen-bond donors (Lipinski definition) is 1. The van der Waals surface area contributed by atoms with Gasteiger partial charge in [0, 0.05) is 25.2 Å². The fourth-order valence-electron chi connectivity index (χ4n) is 3.40. The highest BCUT2D eigenvalue weighted by atomic mass is 16.6. The van der Waals surface area contributed by atoms with E-state index in [1.54, 1.807) is 12.1 Å². The molecule has 2 aliphatic rings. The maximum absolute atomic E-state index is 12.3. The number of ether oxygens (including phenoxy) is 2. The summed E-state index contributed by atoms with van der Waals surface area (Å²) in [7, 11) is 0. The van der Waals surface area contributed by atoms with Gasteiger partial charge in [0.1, 0.15) is 5.75 Å². The van der Waals surface area contributed by atoms with Gasteiger partial charge in [0.25, 0.3) is 11.9 Å². The van der Waals surface area contributed by atoms with Crippen LogP contribution in [0.4, 0.5) is 0 Å². The van der Waals surface area contributed by atoms with Crippen LogP contribution in [0.25, 0.3) is 0 Å². The number of carbonyl (C=O) groups excluding carboxylic acids is 1. The number of rotatable bonds is 5. The molecule has 2 aromatic rings. The van der Waals surface area contributed by atoms with E-state index in [-0.39, 0.29) is 17.8 Å². The molecular weight excluding hydrogens is 320 g/mol. The first kappa shape index (κ1) is 16.2. The van der Waals surface area contributed by atoms with Crippen LogP contribution < -0.4 is 10.1 Å². The zero-order valence-corrected chi connectivity index (χ0v) is 14.0. The minimum atomic E-state index is -0.255. The molecule has 6 nitrogen and oxygen atoms in total. The normalized spacial score (nSPS) is 23.2. The number of morpholine rings is 1. The van der Waals surface area contributed by atoms with Crippen molar-refractivity contribution < 1.29 is 18.7 Å². The van der Waals surface area contributed by atoms with Crippen molar-refractivity contribution in [3.8, 4) is 11.7 Å². The molecule has 0 unspecified atom stereocenters. The summed E-state index contributed by atoms with van der Waals surface area (Å²) < 4.78 is 16.9. The molecule has 1 N–H and O–H groups in total. The van der Waals surface area contributed by atoms with Gasteiger partial charge in [-0.2, -0.15) is 0 Å². The third-order valence-corrected chi connectivity index (χ3v) is 4.72. The molecular formula is C19H22N2O4. The minimum Gasteiger partial charge on any atom is -0.426 e. The number of carbonyl (C=O) groups is 1. The van der Waals surface area contributed by atoms with Gasteiger partial charge in [0.05, 0.1) is 12.7 Å². The van der Waals surface area contributed by atoms with E-state index in [1.807, 2.05) is 30.3 Å². The second kappa shape index (κ2) is 7.29. The number of hydrogen-bond acceptors (Lipinski definition) is 5. The summed E-state index contributed by atoms with van der Waals surface area (Å²) in [5.41, 5.74) is 0. The molecule has 0 aliphatic carbocycles. The van der Waals surface area contributed by atoms with E-state index in [0.29, 0.717) is 24.3 Å². The molecule has 132 valence electrons. The molecule has 0 saturated carbocycles. The summed E-state index contributed by atoms with van der Waals surface area (Å²) in [6.07, 6.45) is 2.49. The number of nitrogens with zero attached hydrogens (tertiary/aromatic N) is 1. The molecule has 25 heavy (non-hydrogen) atoms. The third-order valence-electron chi connectivity index (χ3n) is 4.72. The molecule has 6 heteroatoms. The van der Waals surface area contributed by atoms with Crippen LogP contribution in [0.5, 0.6) is 11.7 Å². The Morgan fingerprint density at radius 1 is 1.24 bits per heavy atom. The lowest BCUT2D eigenvalue weighted by molar-refractivity contribution is -0.0462. The fraction of sp³-hybridized carbons (Fsp3) is 0.421. The molecule has 0 spiro atoms. The van der Waals surface area contributed by atoms with Crippen molar-refractivity contribution in [3.63, 3.8) is 0 Å². The highest BCUT2D eigenvalue weighted by Gasteiger charge is 2.32. The number of furan rings is 1. The maximum atomic E-state index is 12.3. The Morgan fingerprint density at radius 2 is 2.12 bits per heavy atom. The van der Waals surface area contributed by atoms with Gasteiger partial charge >= 0.3 is 0 Å². The molecule has 1 amide bonds. The average molecular weight is 342 g/mol. The van der Waals surface area contributed by atoms with Crippen LogP contribution in [0, 0.1) is 0 Å². The maximum Gasteiger partial charge on any atom is 0.290 e. The number of benzene rings is 1. The molecule has 0 radical (unpaired) electrons. The van der Waals surface area contributed by atoms with Crippen LogP contribution >= 0.6 is 0 Å². The van der Waals surface area contributed by atoms with E-state index in [1.165, 1.54) is 12.8 Å². The van der Waals surface area contributed by atoms with E-state index in [2.05, 4.69) is 10.2 Å². The van der Waals surface area contributed by atoms with Crippen molar-refractivity contribution in [3.05, 3.63) is 48.2 Å². The average Bonchev–Trinajstić information content (AvgIpc) is 3.29. The first-order chi connectivity index (χ1) is 12.3. The monoisotopic (exact) mass is 342 g/mol. The quantitative estimate of drug-likeness (QED) is 0.905. The van der Waals surface area contributed by atoms with Gasteiger partial charge in [-0.15, -0.1) is 0 Å². The number of amides is 1. The molecule has 0 bridgehead atoms. The van der Waals surface area contributed by atoms with Gasteiger partial charge in [0.15, 0.2) is 5.76 Å². The predicted octanol–water partition coefficient (Wildman–Crippen LogP) is 2.66. The van der Waals surface area contributed by atoms with E-state index < -0.39 is 0 Å². The summed E-state index contributed by atoms with van der Waals surface area (Å²) >= 11 is 0. The lowest BCUT2D eigenvalue weighted by Crippen LogP contribution is -2.50. The summed E-state index contributed by atoms with van der Waals surface area (Å²) in [6, 6.07) is 13.1. The smallest absolute Gasteiger partial charge is 0.290 e. The number of nitrogens with one attached hydrogen (secondary N) is 1. The standard InChI is InChI=1S/C19H22N2O4/c22-19(20-11-16-12-21-10-4-5-14(21)13-23-16)17-8-9-18(25-17)24-15-6-2-1-3-7-15/h1-3,6-9,14,16H,4-5,10-13H2,(H,20,22)/t14-,16+/m1/s1. The van der Waals surface area contributed by atoms with Crippen LogP contribution in [0.3, 0.4) is 0 Å². The van der Waals surface area contributed by atoms with E-state index in [9.17, 15) is 4.79 Å². The van der Waals surface area contributed by atoms with Gasteiger partial charge in [0.2, 0.25) is 0 Å². The van der Waals surface area contributed by atoms with Crippen molar-refractivity contribution in [1.29, 1.82) is 0 Å². The zero-order valence-electron chi connectivity index (χ0n) is 14.0. The Labute approximate surface area is 146 Å². The Hall–Kier alpha value is -2.31. The van der Waals surface area contributed by atoms with Crippen molar-refractivity contribution in [2.45, 2.75) is 25.0 Å². The van der Waals surface area contributed by atoms with Crippen molar-refractivity contribution in [2.75, 3.05) is 26.2 Å². The lowest BCUT2D eigenvalue weighted by Gasteiger charge is -2.35. The van der Waals surface area contributed by atoms with Crippen LogP contribution in [-0.4, -0.2) is 49.2 Å². The van der Waals surface area contributed by atoms with Crippen LogP contribution in [-0.2, 0) is 4.74 Å². The molecule has 2 aliphatic heterocycles. The Morgan fingerprint density at radius 3 is 3.00 bits per heavy atom. The molecule has 2 atom stereocenters. The second-order valence-electron chi connectivity index (χ2n) is 6.49. The number of fused-ring (bicyclic) bond motifs is 1. The first-order valence-corrected chi connectivity index (χ1v) is 8.74. The van der Waals surface area contributed by atoms with E-state index in [0.717, 1.165) is 19.7 Å². The van der Waals surface area contributed by atoms with Gasteiger partial charge in [-0.1, -0.05) is 18.2 Å². The molecule has 4 rings (SSSR count). The van der Waals surface area contributed by atoms with Crippen molar-refractivity contribution >= 4 is 5.91 Å². The van der Waals surface area contributed by atoms with Crippen LogP contribution in [0.2, 0.25) is 0 Å². The summed E-state index contributed by atoms with van der Waals surface area (Å²) in [5.74, 6) is 0.945. The summed E-state index contributed by atoms with van der Waals surface area (Å²) in [4.78, 5) is 14.7. The van der Waals surface area contributed by atoms with E-state index in [4.69, 9.17) is 13.9 Å². The van der Waals surface area contributed by atoms with Crippen molar-refractivity contribution in [2.24, 2.45) is 0 Å². The third kappa shape index (κ3) is 3.86. The SMILES string of the molecule is O=C(NC[C@H]1CN2CCC[C@@H]2CO1)c1ccc(Oc2ccccc2)o1. The molecule has 3 heterocycles. The molecule has 2 fully saturated rings. The van der Waals surface area contributed by atoms with Gasteiger partial charge in [-0.25, -0.2) is 0 Å². The molecule has 2 saturated heterocycles. The minimum absolute atomic E-state index is 0.0355. The van der Waals surface area contributed by atoms with E-state index >= 15 is 0 Å². The van der Waals surface area contributed by atoms with Gasteiger partial charge in [-0.05, 0) is 37.6 Å². The highest BCUT2D eigenvalue weighted by Crippen LogP contribution is 2.24. The first-order valence-electron chi connectivity index (χ1n) is 8.74. The van der Waals surface area contributed by atoms with Crippen molar-refractivity contribution in [1.82, 2.24) is 10.2 Å². The fourth-order valence-corrected chi connectivity index (χ4v) is 3.40. The number of para-hydroxylation sites is 1. The molecule has 1 aromatic heterocycles. The summed E-state index contributed by atoms with van der Waals surface area (Å²) in [5, 5.41) is 2.89. The Bertz CT molecular complexity index is 715. The predicted molar refractivity (Wildman–Crippen MR) is 91.9 cm³/mol. The van der Waals surface area contributed by atoms with Crippen LogP contribution in [0.15, 0.2) is 46.9 Å². The second-order valence-corrected chi connectivity index (χ2v) is 6.49. The molecule has 1 aromatic carbocycles. The zero-order chi connectivity index (χ0) is 17.1.